The number of fused-ring (bicyclic) bond motifs is 1. The molecule has 0 aromatic heterocycles. The van der Waals surface area contributed by atoms with Crippen LogP contribution in [0.3, 0.4) is 0 Å². The fourth-order valence-electron chi connectivity index (χ4n) is 7.52. The summed E-state index contributed by atoms with van der Waals surface area (Å²) in [4.78, 5) is 1.40. The first-order valence-electron chi connectivity index (χ1n) is 23.6. The molecule has 0 atom stereocenters. The molecule has 0 unspecified atom stereocenters. The highest BCUT2D eigenvalue weighted by molar-refractivity contribution is 5.89. The molecule has 0 saturated heterocycles. The molecule has 0 aliphatic heterocycles. The normalized spacial score (nSPS) is 12.9. The van der Waals surface area contributed by atoms with Crippen LogP contribution in [-0.2, 0) is 0 Å². The number of anilines is 3. The summed E-state index contributed by atoms with van der Waals surface area (Å²) in [5.74, 6) is 0. The van der Waals surface area contributed by atoms with E-state index in [2.05, 4.69) is 30.3 Å². The fraction of sp³-hybridized carbons (Fsp3) is 0. The third-order valence-corrected chi connectivity index (χ3v) is 10.6. The van der Waals surface area contributed by atoms with Crippen LogP contribution in [0, 0.1) is 0 Å². The van der Waals surface area contributed by atoms with Gasteiger partial charge in [-0.25, -0.2) is 0 Å². The molecule has 0 aliphatic rings. The molecule has 0 N–H and O–H groups in total. The predicted molar refractivity (Wildman–Crippen MR) is 251 cm³/mol. The van der Waals surface area contributed by atoms with E-state index in [0.29, 0.717) is 16.8 Å². The number of benzene rings is 10. The topological polar surface area (TPSA) is 3.24 Å². The Morgan fingerprint density at radius 1 is 0.254 bits per heavy atom. The Labute approximate surface area is 358 Å². The maximum absolute atomic E-state index is 9.82. The lowest BCUT2D eigenvalue weighted by Gasteiger charge is -2.26. The molecule has 1 heteroatoms. The molecule has 0 radical (unpaired) electrons. The first-order valence-corrected chi connectivity index (χ1v) is 19.6. The van der Waals surface area contributed by atoms with Crippen molar-refractivity contribution in [2.24, 2.45) is 0 Å². The highest BCUT2D eigenvalue weighted by Crippen LogP contribution is 2.40. The van der Waals surface area contributed by atoms with E-state index in [9.17, 15) is 8.22 Å². The first-order chi connectivity index (χ1) is 32.6. The molecule has 10 aromatic carbocycles. The van der Waals surface area contributed by atoms with Gasteiger partial charge in [0.15, 0.2) is 0 Å². The number of hydrogen-bond donors (Lipinski definition) is 0. The van der Waals surface area contributed by atoms with Crippen molar-refractivity contribution in [3.8, 4) is 66.8 Å². The summed E-state index contributed by atoms with van der Waals surface area (Å²) in [6.07, 6.45) is 0. The maximum atomic E-state index is 9.82. The lowest BCUT2D eigenvalue weighted by atomic mass is 9.93. The highest BCUT2D eigenvalue weighted by atomic mass is 15.1. The molecule has 0 spiro atoms. The quantitative estimate of drug-likeness (QED) is 0.142. The number of hydrogen-bond acceptors (Lipinski definition) is 1. The van der Waals surface area contributed by atoms with Crippen molar-refractivity contribution in [2.45, 2.75) is 0 Å². The van der Waals surface area contributed by atoms with Crippen LogP contribution in [0.1, 0.15) is 11.0 Å². The zero-order valence-corrected chi connectivity index (χ0v) is 32.0. The molecule has 10 rings (SSSR count). The van der Waals surface area contributed by atoms with Crippen molar-refractivity contribution < 1.29 is 11.0 Å². The first kappa shape index (κ1) is 27.8. The molecule has 10 aromatic rings. The van der Waals surface area contributed by atoms with Gasteiger partial charge in [0, 0.05) is 17.1 Å². The molecular formula is C58H41N. The summed E-state index contributed by atoms with van der Waals surface area (Å²) in [5, 5.41) is 1.83. The summed E-state index contributed by atoms with van der Waals surface area (Å²) in [7, 11) is 0. The molecule has 278 valence electrons. The minimum Gasteiger partial charge on any atom is -0.310 e. The van der Waals surface area contributed by atoms with Crippen molar-refractivity contribution >= 4 is 27.8 Å². The number of rotatable bonds is 9. The summed E-state index contributed by atoms with van der Waals surface area (Å²) in [6, 6.07) is 61.4. The van der Waals surface area contributed by atoms with E-state index in [0.717, 1.165) is 55.3 Å². The summed E-state index contributed by atoms with van der Waals surface area (Å²) in [6.45, 7) is 0. The fourth-order valence-corrected chi connectivity index (χ4v) is 7.52. The Kier molecular flexibility index (Phi) is 7.54. The van der Waals surface area contributed by atoms with E-state index in [1.165, 1.54) is 4.90 Å². The van der Waals surface area contributed by atoms with Crippen LogP contribution >= 0.6 is 0 Å². The maximum Gasteiger partial charge on any atom is 0.0651 e. The lowest BCUT2D eigenvalue weighted by Crippen LogP contribution is -2.10. The van der Waals surface area contributed by atoms with Crippen molar-refractivity contribution in [3.05, 3.63) is 249 Å². The van der Waals surface area contributed by atoms with Gasteiger partial charge in [0.25, 0.3) is 0 Å². The average molecular weight is 760 g/mol. The van der Waals surface area contributed by atoms with Crippen LogP contribution in [0.4, 0.5) is 17.1 Å². The summed E-state index contributed by atoms with van der Waals surface area (Å²) in [5.41, 5.74) is 8.70. The third-order valence-electron chi connectivity index (χ3n) is 10.6. The van der Waals surface area contributed by atoms with Crippen LogP contribution in [0.2, 0.25) is 0 Å². The minimum absolute atomic E-state index is 0.0969. The van der Waals surface area contributed by atoms with Crippen molar-refractivity contribution in [1.82, 2.24) is 0 Å². The van der Waals surface area contributed by atoms with Gasteiger partial charge in [0.1, 0.15) is 0 Å². The van der Waals surface area contributed by atoms with Gasteiger partial charge >= 0.3 is 0 Å². The Bertz CT molecular complexity index is 3380. The van der Waals surface area contributed by atoms with Crippen molar-refractivity contribution in [3.63, 3.8) is 0 Å². The summed E-state index contributed by atoms with van der Waals surface area (Å²) >= 11 is 0. The molecule has 1 nitrogen and oxygen atoms in total. The van der Waals surface area contributed by atoms with E-state index >= 15 is 0 Å². The second-order valence-electron chi connectivity index (χ2n) is 14.4. The third kappa shape index (κ3) is 7.58. The van der Waals surface area contributed by atoms with Gasteiger partial charge in [0.2, 0.25) is 0 Å². The van der Waals surface area contributed by atoms with Crippen LogP contribution in [0.15, 0.2) is 249 Å². The predicted octanol–water partition coefficient (Wildman–Crippen LogP) is 16.3. The molecule has 0 fully saturated rings. The number of nitrogens with zero attached hydrogens (tertiary/aromatic N) is 1. The Balaban J connectivity index is 1.18. The van der Waals surface area contributed by atoms with Gasteiger partial charge in [-0.1, -0.05) is 188 Å². The van der Waals surface area contributed by atoms with E-state index in [1.54, 1.807) is 18.2 Å². The molecule has 0 aliphatic carbocycles. The van der Waals surface area contributed by atoms with Gasteiger partial charge in [-0.3, -0.25) is 0 Å². The standard InChI is InChI=1S/C58H41N/c1-4-13-42(14-5-1)46-23-25-47(26-24-46)48-29-33-56(34-30-48)59(58-22-12-21-51(41-58)52-28-27-45-19-10-11-20-50(45)37-52)57-35-31-49(32-36-57)55-39-53(43-15-6-2-7-16-43)38-54(40-55)44-17-8-3-9-18-44/h1-41H/i12D,21D,22D,31D,32D,35D,36D,41D. The summed E-state index contributed by atoms with van der Waals surface area (Å²) < 4.78 is 76.4. The zero-order valence-electron chi connectivity index (χ0n) is 40.0. The van der Waals surface area contributed by atoms with E-state index < -0.39 is 24.2 Å². The van der Waals surface area contributed by atoms with Crippen molar-refractivity contribution in [2.75, 3.05) is 4.90 Å². The van der Waals surface area contributed by atoms with Gasteiger partial charge in [-0.2, -0.15) is 0 Å². The highest BCUT2D eigenvalue weighted by Gasteiger charge is 2.16. The van der Waals surface area contributed by atoms with Gasteiger partial charge < -0.3 is 4.90 Å². The monoisotopic (exact) mass is 759 g/mol. The molecule has 0 heterocycles. The Morgan fingerprint density at radius 2 is 0.695 bits per heavy atom. The van der Waals surface area contributed by atoms with Crippen LogP contribution in [-0.4, -0.2) is 0 Å². The van der Waals surface area contributed by atoms with E-state index in [4.69, 9.17) is 2.74 Å². The van der Waals surface area contributed by atoms with Gasteiger partial charge in [-0.05, 0) is 138 Å². The molecule has 0 bridgehead atoms. The van der Waals surface area contributed by atoms with Crippen LogP contribution in [0.5, 0.6) is 0 Å². The molecule has 59 heavy (non-hydrogen) atoms. The van der Waals surface area contributed by atoms with Crippen molar-refractivity contribution in [1.29, 1.82) is 0 Å². The zero-order chi connectivity index (χ0) is 46.3. The smallest absolute Gasteiger partial charge is 0.0651 e. The Hall–Kier alpha value is -7.74. The Morgan fingerprint density at radius 3 is 1.25 bits per heavy atom. The second-order valence-corrected chi connectivity index (χ2v) is 14.4. The van der Waals surface area contributed by atoms with Gasteiger partial charge in [0.05, 0.1) is 11.0 Å². The van der Waals surface area contributed by atoms with Crippen LogP contribution < -0.4 is 4.90 Å². The second kappa shape index (κ2) is 16.0. The molecule has 0 amide bonds. The minimum atomic E-state index is -0.455. The molecular weight excluding hydrogens is 711 g/mol. The van der Waals surface area contributed by atoms with Crippen LogP contribution in [0.25, 0.3) is 77.5 Å². The van der Waals surface area contributed by atoms with Gasteiger partial charge in [-0.15, -0.1) is 0 Å². The molecule has 0 saturated carbocycles. The lowest BCUT2D eigenvalue weighted by molar-refractivity contribution is 1.28. The van der Waals surface area contributed by atoms with E-state index in [1.807, 2.05) is 152 Å². The largest absolute Gasteiger partial charge is 0.310 e. The average Bonchev–Trinajstić information content (AvgIpc) is 3.38. The van der Waals surface area contributed by atoms with E-state index in [-0.39, 0.29) is 46.7 Å². The SMILES string of the molecule is [2H]c1c([2H])c(-c2ccc3ccccc3c2)c([2H])c(N(c2ccc(-c3ccc(-c4ccccc4)cc3)cc2)c2c([2H])c([2H])c(-c3cc(-c4ccccc4)cc(-c4ccccc4)c3)c([2H])c2[2H])c1[2H].